The van der Waals surface area contributed by atoms with Crippen molar-refractivity contribution in [2.45, 2.75) is 0 Å². The summed E-state index contributed by atoms with van der Waals surface area (Å²) < 4.78 is 14.2. The molecule has 2 rings (SSSR count). The van der Waals surface area contributed by atoms with E-state index in [-0.39, 0.29) is 16.9 Å². The standard InChI is InChI=1S/C13H9FN2O/c1-16-12(7-4-10(8-15)13(16)17)9-2-5-11(14)6-3-9/h2-7H,1H3. The third kappa shape index (κ3) is 1.95. The van der Waals surface area contributed by atoms with Crippen LogP contribution in [0.3, 0.4) is 0 Å². The lowest BCUT2D eigenvalue weighted by atomic mass is 10.1. The average molecular weight is 228 g/mol. The summed E-state index contributed by atoms with van der Waals surface area (Å²) in [7, 11) is 1.59. The van der Waals surface area contributed by atoms with Crippen LogP contribution in [0.1, 0.15) is 5.56 Å². The maximum absolute atomic E-state index is 12.8. The topological polar surface area (TPSA) is 45.8 Å². The fourth-order valence-electron chi connectivity index (χ4n) is 1.63. The van der Waals surface area contributed by atoms with Crippen LogP contribution in [0.4, 0.5) is 4.39 Å². The summed E-state index contributed by atoms with van der Waals surface area (Å²) in [5.41, 5.74) is 1.12. The lowest BCUT2D eigenvalue weighted by Gasteiger charge is -2.08. The molecule has 3 nitrogen and oxygen atoms in total. The Morgan fingerprint density at radius 3 is 2.41 bits per heavy atom. The second-order valence-electron chi connectivity index (χ2n) is 3.62. The second kappa shape index (κ2) is 4.22. The Morgan fingerprint density at radius 1 is 1.18 bits per heavy atom. The number of aromatic nitrogens is 1. The Hall–Kier alpha value is -2.41. The third-order valence-electron chi connectivity index (χ3n) is 2.56. The van der Waals surface area contributed by atoms with Crippen molar-refractivity contribution in [1.82, 2.24) is 4.57 Å². The molecule has 0 amide bonds. The van der Waals surface area contributed by atoms with Crippen molar-refractivity contribution in [3.05, 3.63) is 58.1 Å². The first kappa shape index (κ1) is 11.1. The Labute approximate surface area is 97.4 Å². The Balaban J connectivity index is 2.62. The molecule has 0 atom stereocenters. The molecule has 2 aromatic rings. The minimum atomic E-state index is -0.352. The number of nitrogens with zero attached hydrogens (tertiary/aromatic N) is 2. The molecule has 1 aromatic carbocycles. The summed E-state index contributed by atoms with van der Waals surface area (Å²) in [6, 6.07) is 10.8. The van der Waals surface area contributed by atoms with Gasteiger partial charge in [0.15, 0.2) is 0 Å². The van der Waals surface area contributed by atoms with E-state index >= 15 is 0 Å². The van der Waals surface area contributed by atoms with Crippen LogP contribution in [0.25, 0.3) is 11.3 Å². The number of hydrogen-bond acceptors (Lipinski definition) is 2. The fourth-order valence-corrected chi connectivity index (χ4v) is 1.63. The molecule has 0 aliphatic heterocycles. The molecule has 0 aliphatic rings. The summed E-state index contributed by atoms with van der Waals surface area (Å²) in [4.78, 5) is 11.7. The molecule has 84 valence electrons. The van der Waals surface area contributed by atoms with Gasteiger partial charge in [0.1, 0.15) is 17.4 Å². The van der Waals surface area contributed by atoms with Crippen LogP contribution < -0.4 is 5.56 Å². The van der Waals surface area contributed by atoms with E-state index in [1.54, 1.807) is 25.2 Å². The van der Waals surface area contributed by atoms with E-state index in [0.29, 0.717) is 5.69 Å². The van der Waals surface area contributed by atoms with Crippen LogP contribution in [-0.4, -0.2) is 4.57 Å². The fraction of sp³-hybridized carbons (Fsp3) is 0.0769. The first-order chi connectivity index (χ1) is 8.13. The molecule has 0 saturated heterocycles. The number of rotatable bonds is 1. The molecule has 0 bridgehead atoms. The van der Waals surface area contributed by atoms with Gasteiger partial charge < -0.3 is 4.57 Å². The van der Waals surface area contributed by atoms with Crippen molar-refractivity contribution in [1.29, 1.82) is 5.26 Å². The van der Waals surface area contributed by atoms with Crippen molar-refractivity contribution < 1.29 is 4.39 Å². The number of benzene rings is 1. The van der Waals surface area contributed by atoms with Crippen LogP contribution >= 0.6 is 0 Å². The van der Waals surface area contributed by atoms with Crippen molar-refractivity contribution in [2.75, 3.05) is 0 Å². The van der Waals surface area contributed by atoms with Gasteiger partial charge in [-0.05, 0) is 42.0 Å². The first-order valence-corrected chi connectivity index (χ1v) is 4.99. The minimum absolute atomic E-state index is 0.0957. The van der Waals surface area contributed by atoms with Gasteiger partial charge >= 0.3 is 0 Å². The minimum Gasteiger partial charge on any atom is -0.310 e. The molecule has 1 heterocycles. The number of nitriles is 1. The molecule has 17 heavy (non-hydrogen) atoms. The van der Waals surface area contributed by atoms with E-state index in [4.69, 9.17) is 5.26 Å². The molecule has 0 unspecified atom stereocenters. The van der Waals surface area contributed by atoms with E-state index < -0.39 is 0 Å². The zero-order valence-corrected chi connectivity index (χ0v) is 9.14. The molecule has 1 aromatic heterocycles. The monoisotopic (exact) mass is 228 g/mol. The van der Waals surface area contributed by atoms with Gasteiger partial charge in [0.05, 0.1) is 5.69 Å². The van der Waals surface area contributed by atoms with Gasteiger partial charge in [-0.1, -0.05) is 0 Å². The van der Waals surface area contributed by atoms with Gasteiger partial charge in [-0.3, -0.25) is 4.79 Å². The van der Waals surface area contributed by atoms with Gasteiger partial charge in [0.25, 0.3) is 5.56 Å². The van der Waals surface area contributed by atoms with Gasteiger partial charge in [-0.2, -0.15) is 5.26 Å². The lowest BCUT2D eigenvalue weighted by molar-refractivity contribution is 0.628. The normalized spacial score (nSPS) is 9.94. The summed E-state index contributed by atoms with van der Waals surface area (Å²) in [5.74, 6) is -0.326. The molecule has 0 aliphatic carbocycles. The predicted molar refractivity (Wildman–Crippen MR) is 61.8 cm³/mol. The molecule has 0 N–H and O–H groups in total. The van der Waals surface area contributed by atoms with E-state index in [9.17, 15) is 9.18 Å². The zero-order valence-electron chi connectivity index (χ0n) is 9.14. The molecular weight excluding hydrogens is 219 g/mol. The Bertz CT molecular complexity index is 651. The quantitative estimate of drug-likeness (QED) is 0.750. The highest BCUT2D eigenvalue weighted by Gasteiger charge is 2.06. The Morgan fingerprint density at radius 2 is 1.82 bits per heavy atom. The van der Waals surface area contributed by atoms with Crippen molar-refractivity contribution in [2.24, 2.45) is 7.05 Å². The summed E-state index contributed by atoms with van der Waals surface area (Å²) in [6.07, 6.45) is 0. The second-order valence-corrected chi connectivity index (χ2v) is 3.62. The smallest absolute Gasteiger partial charge is 0.268 e. The van der Waals surface area contributed by atoms with E-state index in [2.05, 4.69) is 0 Å². The summed E-state index contributed by atoms with van der Waals surface area (Å²) in [6.45, 7) is 0. The zero-order chi connectivity index (χ0) is 12.4. The highest BCUT2D eigenvalue weighted by atomic mass is 19.1. The van der Waals surface area contributed by atoms with Crippen LogP contribution in [0.2, 0.25) is 0 Å². The summed E-state index contributed by atoms with van der Waals surface area (Å²) in [5, 5.41) is 8.73. The number of hydrogen-bond donors (Lipinski definition) is 0. The third-order valence-corrected chi connectivity index (χ3v) is 2.56. The molecule has 0 saturated carbocycles. The SMILES string of the molecule is Cn1c(-c2ccc(F)cc2)ccc(C#N)c1=O. The molecule has 0 fully saturated rings. The predicted octanol–water partition coefficient (Wildman–Crippen LogP) is 2.06. The largest absolute Gasteiger partial charge is 0.310 e. The summed E-state index contributed by atoms with van der Waals surface area (Å²) >= 11 is 0. The maximum atomic E-state index is 12.8. The maximum Gasteiger partial charge on any atom is 0.268 e. The van der Waals surface area contributed by atoms with Gasteiger partial charge in [-0.25, -0.2) is 4.39 Å². The van der Waals surface area contributed by atoms with Crippen LogP contribution in [-0.2, 0) is 7.05 Å². The van der Waals surface area contributed by atoms with E-state index in [1.807, 2.05) is 6.07 Å². The molecule has 4 heteroatoms. The van der Waals surface area contributed by atoms with Crippen molar-refractivity contribution in [3.8, 4) is 17.3 Å². The van der Waals surface area contributed by atoms with Crippen LogP contribution in [0, 0.1) is 17.1 Å². The van der Waals surface area contributed by atoms with E-state index in [0.717, 1.165) is 5.56 Å². The van der Waals surface area contributed by atoms with E-state index in [1.165, 1.54) is 22.8 Å². The van der Waals surface area contributed by atoms with Gasteiger partial charge in [-0.15, -0.1) is 0 Å². The first-order valence-electron chi connectivity index (χ1n) is 4.99. The van der Waals surface area contributed by atoms with Gasteiger partial charge in [0.2, 0.25) is 0 Å². The Kier molecular flexibility index (Phi) is 2.75. The lowest BCUT2D eigenvalue weighted by Crippen LogP contribution is -2.20. The van der Waals surface area contributed by atoms with Crippen LogP contribution in [0.5, 0.6) is 0 Å². The number of pyridine rings is 1. The van der Waals surface area contributed by atoms with Gasteiger partial charge in [0, 0.05) is 7.05 Å². The number of halogens is 1. The highest BCUT2D eigenvalue weighted by molar-refractivity contribution is 5.60. The molecular formula is C13H9FN2O. The average Bonchev–Trinajstić information content (AvgIpc) is 2.34. The molecule has 0 radical (unpaired) electrons. The molecule has 0 spiro atoms. The van der Waals surface area contributed by atoms with Crippen molar-refractivity contribution >= 4 is 0 Å². The van der Waals surface area contributed by atoms with Crippen LogP contribution in [0.15, 0.2) is 41.2 Å². The van der Waals surface area contributed by atoms with Crippen molar-refractivity contribution in [3.63, 3.8) is 0 Å². The highest BCUT2D eigenvalue weighted by Crippen LogP contribution is 2.17.